The summed E-state index contributed by atoms with van der Waals surface area (Å²) in [6, 6.07) is 15.2. The number of hydrogen-bond acceptors (Lipinski definition) is 5. The van der Waals surface area contributed by atoms with Gasteiger partial charge < -0.3 is 15.0 Å². The Balaban J connectivity index is 1.59. The number of piperidine rings is 1. The Hall–Kier alpha value is -2.58. The Morgan fingerprint density at radius 1 is 1.03 bits per heavy atom. The summed E-state index contributed by atoms with van der Waals surface area (Å²) >= 11 is 0. The number of rotatable bonds is 4. The summed E-state index contributed by atoms with van der Waals surface area (Å²) in [7, 11) is -1.75. The number of sulfonamides is 1. The molecule has 2 aromatic rings. The molecule has 8 heteroatoms. The fourth-order valence-corrected chi connectivity index (χ4v) is 5.23. The highest BCUT2D eigenvalue weighted by Crippen LogP contribution is 2.36. The molecule has 7 nitrogen and oxygen atoms in total. The molecular weight excluding hydrogens is 390 g/mol. The highest BCUT2D eigenvalue weighted by Gasteiger charge is 2.38. The number of nitrogens with zero attached hydrogens (tertiary/aromatic N) is 2. The van der Waals surface area contributed by atoms with Crippen LogP contribution in [0.4, 0.5) is 5.69 Å². The number of para-hydroxylation sites is 2. The number of hydrogen-bond donors (Lipinski definition) is 1. The van der Waals surface area contributed by atoms with Crippen LogP contribution in [0.3, 0.4) is 0 Å². The van der Waals surface area contributed by atoms with E-state index < -0.39 is 16.1 Å². The summed E-state index contributed by atoms with van der Waals surface area (Å²) in [6.07, 6.45) is 0.845. The summed E-state index contributed by atoms with van der Waals surface area (Å²) in [5, 5.41) is 3.04. The van der Waals surface area contributed by atoms with Crippen molar-refractivity contribution in [1.82, 2.24) is 10.2 Å². The molecule has 1 N–H and O–H groups in total. The third-order valence-electron chi connectivity index (χ3n) is 5.42. The lowest BCUT2D eigenvalue weighted by molar-refractivity contribution is -0.128. The summed E-state index contributed by atoms with van der Waals surface area (Å²) in [5.41, 5.74) is 0.444. The fraction of sp³-hybridized carbons (Fsp3) is 0.381. The zero-order valence-electron chi connectivity index (χ0n) is 16.3. The molecule has 0 bridgehead atoms. The van der Waals surface area contributed by atoms with Crippen LogP contribution in [0.15, 0.2) is 59.5 Å². The van der Waals surface area contributed by atoms with Crippen LogP contribution >= 0.6 is 0 Å². The van der Waals surface area contributed by atoms with Gasteiger partial charge in [-0.25, -0.2) is 8.42 Å². The van der Waals surface area contributed by atoms with Crippen molar-refractivity contribution >= 4 is 21.6 Å². The minimum Gasteiger partial charge on any atom is -0.476 e. The van der Waals surface area contributed by atoms with E-state index in [1.807, 2.05) is 0 Å². The number of benzene rings is 2. The molecule has 1 unspecified atom stereocenters. The van der Waals surface area contributed by atoms with E-state index in [1.54, 1.807) is 54.6 Å². The molecule has 0 aromatic heterocycles. The molecule has 4 rings (SSSR count). The maximum Gasteiger partial charge on any atom is 0.264 e. The fourth-order valence-electron chi connectivity index (χ4n) is 3.73. The molecule has 0 saturated carbocycles. The van der Waals surface area contributed by atoms with Crippen molar-refractivity contribution in [3.63, 3.8) is 0 Å². The Morgan fingerprint density at radius 2 is 1.69 bits per heavy atom. The number of carbonyl (C=O) groups is 1. The largest absolute Gasteiger partial charge is 0.476 e. The van der Waals surface area contributed by atoms with Crippen LogP contribution in [0.5, 0.6) is 5.75 Å². The van der Waals surface area contributed by atoms with Gasteiger partial charge in [0, 0.05) is 6.04 Å². The molecule has 0 radical (unpaired) electrons. The molecule has 2 heterocycles. The van der Waals surface area contributed by atoms with E-state index in [9.17, 15) is 13.2 Å². The molecule has 1 amide bonds. The van der Waals surface area contributed by atoms with Gasteiger partial charge in [-0.2, -0.15) is 0 Å². The first kappa shape index (κ1) is 19.7. The van der Waals surface area contributed by atoms with Crippen LogP contribution in [-0.4, -0.2) is 58.1 Å². The van der Waals surface area contributed by atoms with Crippen LogP contribution in [0.2, 0.25) is 0 Å². The average molecular weight is 416 g/mol. The van der Waals surface area contributed by atoms with Gasteiger partial charge in [0.15, 0.2) is 6.10 Å². The Kier molecular flexibility index (Phi) is 5.47. The lowest BCUT2D eigenvalue weighted by Gasteiger charge is -2.36. The molecule has 0 spiro atoms. The molecule has 1 saturated heterocycles. The highest BCUT2D eigenvalue weighted by molar-refractivity contribution is 7.92. The summed E-state index contributed by atoms with van der Waals surface area (Å²) in [6.45, 7) is 1.79. The molecule has 0 aliphatic carbocycles. The van der Waals surface area contributed by atoms with Crippen LogP contribution in [-0.2, 0) is 14.8 Å². The molecule has 2 aromatic carbocycles. The number of likely N-dealkylation sites (tertiary alicyclic amines) is 1. The second kappa shape index (κ2) is 8.04. The first-order valence-electron chi connectivity index (χ1n) is 9.77. The number of amides is 1. The third kappa shape index (κ3) is 4.09. The van der Waals surface area contributed by atoms with Gasteiger partial charge >= 0.3 is 0 Å². The van der Waals surface area contributed by atoms with E-state index in [1.165, 1.54) is 4.31 Å². The number of nitrogens with one attached hydrogen (secondary N) is 1. The topological polar surface area (TPSA) is 79.0 Å². The van der Waals surface area contributed by atoms with Crippen molar-refractivity contribution in [3.05, 3.63) is 54.6 Å². The van der Waals surface area contributed by atoms with Crippen molar-refractivity contribution in [2.24, 2.45) is 0 Å². The van der Waals surface area contributed by atoms with Gasteiger partial charge in [-0.15, -0.1) is 0 Å². The molecule has 2 aliphatic rings. The van der Waals surface area contributed by atoms with Crippen LogP contribution < -0.4 is 14.4 Å². The second-order valence-electron chi connectivity index (χ2n) is 7.51. The van der Waals surface area contributed by atoms with E-state index in [-0.39, 0.29) is 23.4 Å². The Morgan fingerprint density at radius 3 is 2.41 bits per heavy atom. The Bertz CT molecular complexity index is 972. The molecular formula is C21H25N3O4S. The lowest BCUT2D eigenvalue weighted by atomic mass is 10.1. The predicted octanol–water partition coefficient (Wildman–Crippen LogP) is 1.85. The van der Waals surface area contributed by atoms with Crippen LogP contribution in [0, 0.1) is 0 Å². The molecule has 2 aliphatic heterocycles. The van der Waals surface area contributed by atoms with E-state index in [2.05, 4.69) is 17.3 Å². The van der Waals surface area contributed by atoms with Crippen LogP contribution in [0.1, 0.15) is 12.8 Å². The van der Waals surface area contributed by atoms with Gasteiger partial charge in [0.2, 0.25) is 0 Å². The molecule has 29 heavy (non-hydrogen) atoms. The van der Waals surface area contributed by atoms with Crippen molar-refractivity contribution in [1.29, 1.82) is 0 Å². The van der Waals surface area contributed by atoms with Gasteiger partial charge in [-0.1, -0.05) is 30.3 Å². The van der Waals surface area contributed by atoms with E-state index in [4.69, 9.17) is 4.74 Å². The smallest absolute Gasteiger partial charge is 0.264 e. The molecule has 1 atom stereocenters. The number of ether oxygens (including phenoxy) is 1. The molecule has 1 fully saturated rings. The number of carbonyl (C=O) groups excluding carboxylic acids is 1. The standard InChI is InChI=1S/C21H25N3O4S/c1-23-13-11-16(12-14-23)22-21(25)20-15-24(18-9-5-6-10-19(18)28-20)29(26,27)17-7-3-2-4-8-17/h2-10,16,20H,11-15H2,1H3,(H,22,25). The Labute approximate surface area is 171 Å². The summed E-state index contributed by atoms with van der Waals surface area (Å²) < 4.78 is 33.7. The maximum absolute atomic E-state index is 13.3. The van der Waals surface area contributed by atoms with Crippen molar-refractivity contribution in [3.8, 4) is 5.75 Å². The highest BCUT2D eigenvalue weighted by atomic mass is 32.2. The van der Waals surface area contributed by atoms with E-state index in [0.717, 1.165) is 25.9 Å². The van der Waals surface area contributed by atoms with E-state index in [0.29, 0.717) is 11.4 Å². The van der Waals surface area contributed by atoms with Gasteiger partial charge in [0.25, 0.3) is 15.9 Å². The van der Waals surface area contributed by atoms with E-state index >= 15 is 0 Å². The van der Waals surface area contributed by atoms with Crippen LogP contribution in [0.25, 0.3) is 0 Å². The number of fused-ring (bicyclic) bond motifs is 1. The van der Waals surface area contributed by atoms with Gasteiger partial charge in [-0.05, 0) is 57.2 Å². The summed E-state index contributed by atoms with van der Waals surface area (Å²) in [4.78, 5) is 15.3. The third-order valence-corrected chi connectivity index (χ3v) is 7.22. The maximum atomic E-state index is 13.3. The minimum atomic E-state index is -3.82. The first-order valence-corrected chi connectivity index (χ1v) is 11.2. The molecule has 154 valence electrons. The SMILES string of the molecule is CN1CCC(NC(=O)C2CN(S(=O)(=O)c3ccccc3)c3ccccc3O2)CC1. The zero-order valence-corrected chi connectivity index (χ0v) is 17.1. The number of anilines is 1. The second-order valence-corrected chi connectivity index (χ2v) is 9.37. The normalized spacial score (nSPS) is 20.6. The van der Waals surface area contributed by atoms with Gasteiger partial charge in [-0.3, -0.25) is 9.10 Å². The van der Waals surface area contributed by atoms with Gasteiger partial charge in [0.05, 0.1) is 17.1 Å². The van der Waals surface area contributed by atoms with Gasteiger partial charge in [0.1, 0.15) is 5.75 Å². The average Bonchev–Trinajstić information content (AvgIpc) is 2.75. The summed E-state index contributed by atoms with van der Waals surface area (Å²) in [5.74, 6) is 0.115. The van der Waals surface area contributed by atoms with Crippen molar-refractivity contribution in [2.45, 2.75) is 29.9 Å². The quantitative estimate of drug-likeness (QED) is 0.825. The van der Waals surface area contributed by atoms with Crippen molar-refractivity contribution < 1.29 is 17.9 Å². The van der Waals surface area contributed by atoms with Crippen molar-refractivity contribution in [2.75, 3.05) is 31.0 Å². The predicted molar refractivity (Wildman–Crippen MR) is 110 cm³/mol. The minimum absolute atomic E-state index is 0.0628. The zero-order chi connectivity index (χ0) is 20.4. The monoisotopic (exact) mass is 415 g/mol. The first-order chi connectivity index (χ1) is 13.9. The lowest BCUT2D eigenvalue weighted by Crippen LogP contribution is -2.53.